The zero-order chi connectivity index (χ0) is 15.3. The first-order valence-corrected chi connectivity index (χ1v) is 9.35. The maximum atomic E-state index is 12.4. The Morgan fingerprint density at radius 2 is 1.24 bits per heavy atom. The molecule has 0 aliphatic carbocycles. The first kappa shape index (κ1) is 15.9. The first-order valence-electron chi connectivity index (χ1n) is 6.90. The molecule has 3 nitrogen and oxygen atoms in total. The van der Waals surface area contributed by atoms with Gasteiger partial charge in [0.15, 0.2) is 0 Å². The smallest absolute Gasteiger partial charge is 0.404 e. The average molecular weight is 325 g/mol. The van der Waals surface area contributed by atoms with Crippen LogP contribution in [0.25, 0.3) is 0 Å². The molecule has 0 amide bonds. The Morgan fingerprint density at radius 3 is 1.62 bits per heavy atom. The summed E-state index contributed by atoms with van der Waals surface area (Å²) >= 11 is 5.97. The molecule has 0 saturated heterocycles. The lowest BCUT2D eigenvalue weighted by Crippen LogP contribution is -1.99. The van der Waals surface area contributed by atoms with Crippen LogP contribution in [0.4, 0.5) is 0 Å². The van der Waals surface area contributed by atoms with E-state index in [1.807, 2.05) is 50.2 Å². The van der Waals surface area contributed by atoms with Crippen LogP contribution in [-0.2, 0) is 17.4 Å². The molecule has 0 aliphatic heterocycles. The maximum absolute atomic E-state index is 12.4. The van der Waals surface area contributed by atoms with E-state index in [9.17, 15) is 4.57 Å². The summed E-state index contributed by atoms with van der Waals surface area (Å²) in [5.74, 6) is 0.986. The molecule has 0 heterocycles. The first-order chi connectivity index (χ1) is 10.1. The van der Waals surface area contributed by atoms with Gasteiger partial charge in [-0.25, -0.2) is 4.57 Å². The van der Waals surface area contributed by atoms with Crippen LogP contribution in [0.5, 0.6) is 11.5 Å². The Kier molecular flexibility index (Phi) is 5.33. The second-order valence-electron chi connectivity index (χ2n) is 4.54. The summed E-state index contributed by atoms with van der Waals surface area (Å²) in [6.07, 6.45) is 1.53. The van der Waals surface area contributed by atoms with Gasteiger partial charge < -0.3 is 9.05 Å². The molecule has 0 atom stereocenters. The normalized spacial score (nSPS) is 11.2. The van der Waals surface area contributed by atoms with Crippen molar-refractivity contribution in [1.29, 1.82) is 0 Å². The van der Waals surface area contributed by atoms with Crippen molar-refractivity contribution in [3.8, 4) is 11.5 Å². The van der Waals surface area contributed by atoms with Crippen molar-refractivity contribution < 1.29 is 13.6 Å². The molecule has 0 fully saturated rings. The molecule has 2 rings (SSSR count). The van der Waals surface area contributed by atoms with E-state index in [4.69, 9.17) is 20.3 Å². The third-order valence-corrected chi connectivity index (χ3v) is 4.37. The van der Waals surface area contributed by atoms with Gasteiger partial charge >= 0.3 is 6.95 Å². The van der Waals surface area contributed by atoms with E-state index in [1.165, 1.54) is 0 Å². The summed E-state index contributed by atoms with van der Waals surface area (Å²) in [6, 6.07) is 14.7. The number of hydrogen-bond acceptors (Lipinski definition) is 3. The molecule has 5 heteroatoms. The Hall–Kier alpha value is -1.44. The third kappa shape index (κ3) is 4.26. The Labute approximate surface area is 130 Å². The average Bonchev–Trinajstić information content (AvgIpc) is 2.47. The molecule has 0 aliphatic rings. The molecule has 0 bridgehead atoms. The summed E-state index contributed by atoms with van der Waals surface area (Å²) < 4.78 is 23.3. The van der Waals surface area contributed by atoms with E-state index in [0.717, 1.165) is 24.0 Å². The molecule has 2 aromatic carbocycles. The summed E-state index contributed by atoms with van der Waals surface area (Å²) in [7, 11) is 0. The summed E-state index contributed by atoms with van der Waals surface area (Å²) in [5.41, 5.74) is 1.87. The van der Waals surface area contributed by atoms with Crippen LogP contribution in [0.2, 0.25) is 0 Å². The molecular formula is C16H18ClO3P. The van der Waals surface area contributed by atoms with E-state index in [2.05, 4.69) is 0 Å². The van der Waals surface area contributed by atoms with Gasteiger partial charge in [0, 0.05) is 11.2 Å². The Bertz CT molecular complexity index is 604. The fourth-order valence-electron chi connectivity index (χ4n) is 2.02. The zero-order valence-electron chi connectivity index (χ0n) is 12.1. The number of halogens is 1. The predicted molar refractivity (Wildman–Crippen MR) is 86.4 cm³/mol. The fraction of sp³-hybridized carbons (Fsp3) is 0.250. The van der Waals surface area contributed by atoms with Crippen LogP contribution in [-0.4, -0.2) is 0 Å². The molecule has 2 aromatic rings. The molecule has 0 aromatic heterocycles. The van der Waals surface area contributed by atoms with Crippen molar-refractivity contribution in [2.45, 2.75) is 26.7 Å². The largest absolute Gasteiger partial charge is 0.530 e. The van der Waals surface area contributed by atoms with Gasteiger partial charge in [-0.05, 0) is 36.1 Å². The fourth-order valence-corrected chi connectivity index (χ4v) is 3.33. The van der Waals surface area contributed by atoms with Crippen molar-refractivity contribution in [3.63, 3.8) is 0 Å². The van der Waals surface area contributed by atoms with Crippen molar-refractivity contribution >= 4 is 18.2 Å². The molecule has 0 radical (unpaired) electrons. The monoisotopic (exact) mass is 324 g/mol. The Morgan fingerprint density at radius 1 is 0.857 bits per heavy atom. The number of rotatable bonds is 6. The maximum Gasteiger partial charge on any atom is 0.530 e. The highest BCUT2D eigenvalue weighted by atomic mass is 35.7. The van der Waals surface area contributed by atoms with Gasteiger partial charge in [0.05, 0.1) is 0 Å². The highest BCUT2D eigenvalue weighted by molar-refractivity contribution is 7.82. The van der Waals surface area contributed by atoms with Crippen molar-refractivity contribution in [1.82, 2.24) is 0 Å². The lowest BCUT2D eigenvalue weighted by molar-refractivity contribution is 0.403. The minimum Gasteiger partial charge on any atom is -0.404 e. The molecule has 0 saturated carbocycles. The Balaban J connectivity index is 2.20. The van der Waals surface area contributed by atoms with E-state index in [0.29, 0.717) is 11.5 Å². The van der Waals surface area contributed by atoms with E-state index in [1.54, 1.807) is 12.1 Å². The van der Waals surface area contributed by atoms with Crippen molar-refractivity contribution in [2.24, 2.45) is 0 Å². The summed E-state index contributed by atoms with van der Waals surface area (Å²) in [4.78, 5) is 0. The molecule has 0 unspecified atom stereocenters. The van der Waals surface area contributed by atoms with Gasteiger partial charge in [-0.3, -0.25) is 0 Å². The van der Waals surface area contributed by atoms with Crippen LogP contribution in [0.15, 0.2) is 48.5 Å². The van der Waals surface area contributed by atoms with Crippen LogP contribution >= 0.6 is 18.2 Å². The van der Waals surface area contributed by atoms with Crippen molar-refractivity contribution in [2.75, 3.05) is 0 Å². The summed E-state index contributed by atoms with van der Waals surface area (Å²) in [6.45, 7) is 0.245. The van der Waals surface area contributed by atoms with Gasteiger partial charge in [-0.15, -0.1) is 0 Å². The van der Waals surface area contributed by atoms with E-state index < -0.39 is 6.95 Å². The van der Waals surface area contributed by atoms with Crippen LogP contribution < -0.4 is 9.05 Å². The minimum atomic E-state index is -3.74. The highest BCUT2D eigenvalue weighted by Gasteiger charge is 2.26. The number of benzene rings is 2. The molecule has 112 valence electrons. The highest BCUT2D eigenvalue weighted by Crippen LogP contribution is 2.54. The molecular weight excluding hydrogens is 307 g/mol. The van der Waals surface area contributed by atoms with E-state index >= 15 is 0 Å². The second kappa shape index (κ2) is 7.02. The minimum absolute atomic E-state index is 0.493. The van der Waals surface area contributed by atoms with Gasteiger partial charge in [0.1, 0.15) is 11.5 Å². The lowest BCUT2D eigenvalue weighted by atomic mass is 10.1. The van der Waals surface area contributed by atoms with Crippen molar-refractivity contribution in [3.05, 3.63) is 59.7 Å². The number of aryl methyl sites for hydroxylation is 2. The predicted octanol–water partition coefficient (Wildman–Crippen LogP) is 5.62. The van der Waals surface area contributed by atoms with Gasteiger partial charge in [0.2, 0.25) is 0 Å². The SMILES string of the molecule is CCc1ccccc1OP(=O)(Cl)Oc1ccccc1CC. The zero-order valence-corrected chi connectivity index (χ0v) is 13.7. The van der Waals surface area contributed by atoms with Gasteiger partial charge in [-0.1, -0.05) is 50.2 Å². The van der Waals surface area contributed by atoms with Crippen LogP contribution in [0, 0.1) is 0 Å². The van der Waals surface area contributed by atoms with Crippen LogP contribution in [0.1, 0.15) is 25.0 Å². The lowest BCUT2D eigenvalue weighted by Gasteiger charge is -2.17. The molecule has 0 spiro atoms. The third-order valence-electron chi connectivity index (χ3n) is 3.12. The number of hydrogen-bond donors (Lipinski definition) is 0. The second-order valence-corrected chi connectivity index (χ2v) is 7.00. The topological polar surface area (TPSA) is 35.5 Å². The molecule has 21 heavy (non-hydrogen) atoms. The van der Waals surface area contributed by atoms with Gasteiger partial charge in [-0.2, -0.15) is 0 Å². The molecule has 0 N–H and O–H groups in total. The van der Waals surface area contributed by atoms with E-state index in [-0.39, 0.29) is 0 Å². The van der Waals surface area contributed by atoms with Gasteiger partial charge in [0.25, 0.3) is 0 Å². The van der Waals surface area contributed by atoms with Crippen LogP contribution in [0.3, 0.4) is 0 Å². The summed E-state index contributed by atoms with van der Waals surface area (Å²) in [5, 5.41) is 0. The number of para-hydroxylation sites is 2. The quantitative estimate of drug-likeness (QED) is 0.647. The standard InChI is InChI=1S/C16H18ClO3P/c1-3-13-9-5-7-11-15(13)19-21(17,18)20-16-12-8-6-10-14(16)4-2/h5-12H,3-4H2,1-2H3.